The van der Waals surface area contributed by atoms with Gasteiger partial charge in [-0.15, -0.1) is 0 Å². The normalized spacial score (nSPS) is 30.0. The lowest BCUT2D eigenvalue weighted by Crippen LogP contribution is -2.54. The van der Waals surface area contributed by atoms with Gasteiger partial charge < -0.3 is 15.1 Å². The predicted octanol–water partition coefficient (Wildman–Crippen LogP) is 5.22. The SMILES string of the molecule is CC(F)(c1ccc2c(c1)CC1N(C(=O)C3(O)CCC(C(=O)O)CC3)CCC21Cc1ccc(F)cc1)C(F)(F)F. The first kappa shape index (κ1) is 27.6. The molecule has 3 unspecified atom stereocenters. The maximum atomic E-state index is 14.9. The van der Waals surface area contributed by atoms with Crippen LogP contribution in [-0.4, -0.2) is 51.4 Å². The minimum atomic E-state index is -5.11. The van der Waals surface area contributed by atoms with Crippen LogP contribution in [0.2, 0.25) is 0 Å². The van der Waals surface area contributed by atoms with E-state index in [1.807, 2.05) is 0 Å². The number of likely N-dealkylation sites (tertiary alicyclic amines) is 1. The van der Waals surface area contributed by atoms with Gasteiger partial charge >= 0.3 is 12.1 Å². The number of aliphatic hydroxyl groups is 1. The van der Waals surface area contributed by atoms with Gasteiger partial charge in [0, 0.05) is 18.0 Å². The van der Waals surface area contributed by atoms with Crippen molar-refractivity contribution in [1.82, 2.24) is 4.90 Å². The van der Waals surface area contributed by atoms with E-state index in [1.54, 1.807) is 17.0 Å². The summed E-state index contributed by atoms with van der Waals surface area (Å²) in [6.07, 6.45) is -3.79. The summed E-state index contributed by atoms with van der Waals surface area (Å²) in [5.41, 5.74) is -4.53. The van der Waals surface area contributed by atoms with Crippen LogP contribution in [0.5, 0.6) is 0 Å². The number of hydrogen-bond acceptors (Lipinski definition) is 3. The third kappa shape index (κ3) is 4.50. The fraction of sp³-hybridized carbons (Fsp3) is 0.517. The zero-order valence-electron chi connectivity index (χ0n) is 21.4. The van der Waals surface area contributed by atoms with Gasteiger partial charge in [0.1, 0.15) is 11.4 Å². The number of benzene rings is 2. The van der Waals surface area contributed by atoms with Gasteiger partial charge in [-0.05, 0) is 86.3 Å². The lowest BCUT2D eigenvalue weighted by Gasteiger charge is -2.39. The van der Waals surface area contributed by atoms with Crippen LogP contribution in [-0.2, 0) is 33.5 Å². The Kier molecular flexibility index (Phi) is 6.56. The Bertz CT molecular complexity index is 1280. The number of carbonyl (C=O) groups is 2. The topological polar surface area (TPSA) is 77.8 Å². The fourth-order valence-electron chi connectivity index (χ4n) is 6.81. The number of hydrogen-bond donors (Lipinski definition) is 2. The van der Waals surface area contributed by atoms with E-state index in [0.717, 1.165) is 17.2 Å². The third-order valence-electron chi connectivity index (χ3n) is 9.20. The van der Waals surface area contributed by atoms with Crippen molar-refractivity contribution in [3.63, 3.8) is 0 Å². The Hall–Kier alpha value is -3.01. The van der Waals surface area contributed by atoms with Gasteiger partial charge in [0.05, 0.1) is 5.92 Å². The smallest absolute Gasteiger partial charge is 0.426 e. The molecule has 0 aromatic heterocycles. The molecule has 2 N–H and O–H groups in total. The number of alkyl halides is 4. The van der Waals surface area contributed by atoms with Crippen LogP contribution >= 0.6 is 0 Å². The Morgan fingerprint density at radius 2 is 1.67 bits per heavy atom. The number of fused-ring (bicyclic) bond motifs is 3. The molecule has 5 nitrogen and oxygen atoms in total. The highest BCUT2D eigenvalue weighted by Crippen LogP contribution is 2.53. The summed E-state index contributed by atoms with van der Waals surface area (Å²) in [5, 5.41) is 20.6. The van der Waals surface area contributed by atoms with E-state index >= 15 is 0 Å². The van der Waals surface area contributed by atoms with Crippen molar-refractivity contribution in [3.8, 4) is 0 Å². The summed E-state index contributed by atoms with van der Waals surface area (Å²) >= 11 is 0. The van der Waals surface area contributed by atoms with Gasteiger partial charge in [0.25, 0.3) is 5.91 Å². The van der Waals surface area contributed by atoms with Crippen LogP contribution in [0.4, 0.5) is 22.0 Å². The molecule has 1 saturated carbocycles. The van der Waals surface area contributed by atoms with Crippen molar-refractivity contribution in [2.24, 2.45) is 5.92 Å². The third-order valence-corrected chi connectivity index (χ3v) is 9.20. The number of halogens is 5. The standard InChI is InChI=1S/C29H30F5NO4/c1-26(31,29(32,33)34)20-4-7-22-19(14-20)15-23-27(22,16-17-2-5-21(30)6-3-17)12-13-35(23)25(38)28(39)10-8-18(9-11-28)24(36)37/h2-7,14,18,23,39H,8-13,15-16H2,1H3,(H,36,37). The molecule has 210 valence electrons. The minimum Gasteiger partial charge on any atom is -0.481 e. The average Bonchev–Trinajstić information content (AvgIpc) is 3.37. The highest BCUT2D eigenvalue weighted by atomic mass is 19.4. The molecule has 0 radical (unpaired) electrons. The van der Waals surface area contributed by atoms with Crippen LogP contribution in [0.1, 0.15) is 61.3 Å². The summed E-state index contributed by atoms with van der Waals surface area (Å²) in [7, 11) is 0. The number of carbonyl (C=O) groups excluding carboxylic acids is 1. The fourth-order valence-corrected chi connectivity index (χ4v) is 6.81. The number of aliphatic carboxylic acids is 1. The first-order valence-electron chi connectivity index (χ1n) is 13.1. The second-order valence-electron chi connectivity index (χ2n) is 11.4. The van der Waals surface area contributed by atoms with Gasteiger partial charge in [-0.2, -0.15) is 13.2 Å². The van der Waals surface area contributed by atoms with Crippen molar-refractivity contribution in [2.45, 2.75) is 80.8 Å². The number of nitrogens with zero attached hydrogens (tertiary/aromatic N) is 1. The van der Waals surface area contributed by atoms with E-state index in [-0.39, 0.29) is 32.1 Å². The molecule has 10 heteroatoms. The molecule has 2 fully saturated rings. The number of carboxylic acid groups (broad SMARTS) is 1. The molecule has 5 rings (SSSR count). The van der Waals surface area contributed by atoms with E-state index < -0.39 is 58.1 Å². The van der Waals surface area contributed by atoms with E-state index in [9.17, 15) is 41.8 Å². The maximum absolute atomic E-state index is 14.9. The molecule has 1 aliphatic heterocycles. The molecule has 0 bridgehead atoms. The summed E-state index contributed by atoms with van der Waals surface area (Å²) in [4.78, 5) is 26.7. The first-order chi connectivity index (χ1) is 18.2. The Balaban J connectivity index is 1.51. The van der Waals surface area contributed by atoms with Gasteiger partial charge in [-0.3, -0.25) is 9.59 Å². The Morgan fingerprint density at radius 3 is 2.26 bits per heavy atom. The highest BCUT2D eigenvalue weighted by Gasteiger charge is 2.58. The summed E-state index contributed by atoms with van der Waals surface area (Å²) < 4.78 is 68.9. The Labute approximate surface area is 222 Å². The molecule has 2 aromatic carbocycles. The van der Waals surface area contributed by atoms with Gasteiger partial charge in [-0.25, -0.2) is 8.78 Å². The van der Waals surface area contributed by atoms with Crippen molar-refractivity contribution in [1.29, 1.82) is 0 Å². The molecule has 3 atom stereocenters. The molecule has 1 saturated heterocycles. The molecule has 39 heavy (non-hydrogen) atoms. The molecular weight excluding hydrogens is 521 g/mol. The van der Waals surface area contributed by atoms with E-state index in [0.29, 0.717) is 31.9 Å². The molecular formula is C29H30F5NO4. The minimum absolute atomic E-state index is 0.000132. The van der Waals surface area contributed by atoms with Crippen LogP contribution in [0.25, 0.3) is 0 Å². The van der Waals surface area contributed by atoms with Crippen LogP contribution in [0, 0.1) is 11.7 Å². The van der Waals surface area contributed by atoms with Crippen molar-refractivity contribution >= 4 is 11.9 Å². The number of carboxylic acids is 1. The van der Waals surface area contributed by atoms with E-state index in [2.05, 4.69) is 0 Å². The van der Waals surface area contributed by atoms with Crippen LogP contribution < -0.4 is 0 Å². The Morgan fingerprint density at radius 1 is 1.03 bits per heavy atom. The quantitative estimate of drug-likeness (QED) is 0.500. The molecule has 1 amide bonds. The molecule has 3 aliphatic rings. The highest BCUT2D eigenvalue weighted by molar-refractivity contribution is 5.86. The molecule has 2 aromatic rings. The summed E-state index contributed by atoms with van der Waals surface area (Å²) in [6, 6.07) is 9.26. The van der Waals surface area contributed by atoms with Crippen molar-refractivity contribution < 1.29 is 41.8 Å². The number of rotatable bonds is 5. The first-order valence-corrected chi connectivity index (χ1v) is 13.1. The second-order valence-corrected chi connectivity index (χ2v) is 11.4. The monoisotopic (exact) mass is 551 g/mol. The van der Waals surface area contributed by atoms with Crippen molar-refractivity contribution in [3.05, 3.63) is 70.5 Å². The predicted molar refractivity (Wildman–Crippen MR) is 131 cm³/mol. The largest absolute Gasteiger partial charge is 0.481 e. The summed E-state index contributed by atoms with van der Waals surface area (Å²) in [5.74, 6) is -2.53. The maximum Gasteiger partial charge on any atom is 0.426 e. The molecule has 2 aliphatic carbocycles. The second kappa shape index (κ2) is 9.28. The zero-order chi connectivity index (χ0) is 28.4. The van der Waals surface area contributed by atoms with Crippen LogP contribution in [0.3, 0.4) is 0 Å². The van der Waals surface area contributed by atoms with E-state index in [1.165, 1.54) is 24.3 Å². The van der Waals surface area contributed by atoms with Crippen LogP contribution in [0.15, 0.2) is 42.5 Å². The van der Waals surface area contributed by atoms with Gasteiger partial charge in [0.15, 0.2) is 0 Å². The zero-order valence-corrected chi connectivity index (χ0v) is 21.4. The number of amides is 1. The van der Waals surface area contributed by atoms with Gasteiger partial charge in [0.2, 0.25) is 5.67 Å². The summed E-state index contributed by atoms with van der Waals surface area (Å²) in [6.45, 7) is 0.775. The van der Waals surface area contributed by atoms with E-state index in [4.69, 9.17) is 0 Å². The lowest BCUT2D eigenvalue weighted by atomic mass is 9.73. The molecule has 1 heterocycles. The molecule has 0 spiro atoms. The lowest BCUT2D eigenvalue weighted by molar-refractivity contribution is -0.228. The average molecular weight is 552 g/mol. The van der Waals surface area contributed by atoms with Crippen molar-refractivity contribution in [2.75, 3.05) is 6.54 Å². The van der Waals surface area contributed by atoms with Gasteiger partial charge in [-0.1, -0.05) is 30.3 Å².